The van der Waals surface area contributed by atoms with E-state index < -0.39 is 108 Å². The van der Waals surface area contributed by atoms with Crippen LogP contribution in [0.3, 0.4) is 0 Å². The number of rotatable bonds is 7. The number of aryl methyl sites for hydroxylation is 1. The highest BCUT2D eigenvalue weighted by Crippen LogP contribution is 2.70. The molecule has 4 saturated carbocycles. The van der Waals surface area contributed by atoms with Crippen LogP contribution < -0.4 is 0 Å². The van der Waals surface area contributed by atoms with Gasteiger partial charge < -0.3 is 79.1 Å². The maximum absolute atomic E-state index is 12.6. The second-order valence-corrected chi connectivity index (χ2v) is 23.6. The number of hydrogen-bond acceptors (Lipinski definition) is 19. The maximum atomic E-state index is 12.6. The molecule has 21 atom stereocenters. The number of ketones is 2. The number of phenols is 3. The molecule has 9 aliphatic rings. The fourth-order valence-electron chi connectivity index (χ4n) is 15.2. The van der Waals surface area contributed by atoms with Crippen LogP contribution in [0.2, 0.25) is 0 Å². The van der Waals surface area contributed by atoms with Gasteiger partial charge in [0.15, 0.2) is 24.7 Å². The molecule has 2 aromatic rings. The third-order valence-corrected chi connectivity index (χ3v) is 19.3. The minimum Gasteiger partial charge on any atom is -0.508 e. The van der Waals surface area contributed by atoms with Crippen LogP contribution in [0.1, 0.15) is 143 Å². The van der Waals surface area contributed by atoms with E-state index in [1.165, 1.54) is 12.1 Å². The van der Waals surface area contributed by atoms with E-state index in [1.807, 2.05) is 13.8 Å². The van der Waals surface area contributed by atoms with Gasteiger partial charge in [-0.2, -0.15) is 0 Å². The van der Waals surface area contributed by atoms with Crippen LogP contribution in [-0.2, 0) is 38.0 Å². The summed E-state index contributed by atoms with van der Waals surface area (Å²) in [6.07, 6.45) is -1.51. The van der Waals surface area contributed by atoms with Gasteiger partial charge in [-0.05, 0) is 137 Å². The lowest BCUT2D eigenvalue weighted by Crippen LogP contribution is -2.67. The number of aliphatic hydroxyl groups is 6. The van der Waals surface area contributed by atoms with Crippen molar-refractivity contribution < 1.29 is 93.5 Å². The Balaban J connectivity index is 0.000000267. The van der Waals surface area contributed by atoms with E-state index >= 15 is 0 Å². The summed E-state index contributed by atoms with van der Waals surface area (Å²) >= 11 is 0. The van der Waals surface area contributed by atoms with Gasteiger partial charge in [-0.1, -0.05) is 13.8 Å². The second kappa shape index (κ2) is 20.3. The SMILES string of the molecule is C[C@H]1O[C@@H](O[C@H]2[C@@H](O)C[C@H](O[C@H]3[C@@H](O)C[C@H](O[C@H]4CC[C@@]5(C)[C@H](CC[C@@H]6[C@@H]5C[C@@H](O)[C@]5(C)[C@@H](C7=CC(=O)OC7)CC[C@]65O)C4)O[C@@H]3C)O[C@@H]2C)C[C@H](O)[C@@H]1O.Cc1cc(O)c2c(c1)C(=O)c1cc(O)cc(O)c1C2=O. The fourth-order valence-corrected chi connectivity index (χ4v) is 15.2. The first-order valence-electron chi connectivity index (χ1n) is 26.8. The molecule has 0 radical (unpaired) electrons. The average Bonchev–Trinajstić information content (AvgIpc) is 3.90. The monoisotopic (exact) mass is 1050 g/mol. The number of hydrogen-bond donors (Lipinski definition) is 9. The van der Waals surface area contributed by atoms with Gasteiger partial charge in [0.25, 0.3) is 0 Å². The van der Waals surface area contributed by atoms with E-state index in [4.69, 9.17) is 33.2 Å². The minimum absolute atomic E-state index is 0.0452. The number of carbonyl (C=O) groups excluding carboxylic acids is 3. The lowest BCUT2D eigenvalue weighted by Gasteiger charge is -2.65. The lowest BCUT2D eigenvalue weighted by atomic mass is 9.42. The van der Waals surface area contributed by atoms with Crippen LogP contribution in [0.4, 0.5) is 0 Å². The maximum Gasteiger partial charge on any atom is 0.331 e. The normalized spacial score (nSPS) is 44.2. The number of cyclic esters (lactones) is 1. The summed E-state index contributed by atoms with van der Waals surface area (Å²) in [5, 5.41) is 96.0. The molecule has 3 saturated heterocycles. The van der Waals surface area contributed by atoms with Gasteiger partial charge in [-0.15, -0.1) is 0 Å². The number of ether oxygens (including phenoxy) is 7. The van der Waals surface area contributed by atoms with Gasteiger partial charge in [0.1, 0.15) is 42.2 Å². The van der Waals surface area contributed by atoms with Crippen LogP contribution in [0.5, 0.6) is 17.2 Å². The minimum atomic E-state index is -1.01. The van der Waals surface area contributed by atoms with E-state index in [2.05, 4.69) is 6.92 Å². The van der Waals surface area contributed by atoms with Gasteiger partial charge in [0.05, 0.1) is 65.6 Å². The van der Waals surface area contributed by atoms with Crippen LogP contribution in [-0.4, -0.2) is 162 Å². The predicted molar refractivity (Wildman–Crippen MR) is 262 cm³/mol. The van der Waals surface area contributed by atoms with Crippen LogP contribution >= 0.6 is 0 Å². The van der Waals surface area contributed by atoms with E-state index in [0.717, 1.165) is 56.2 Å². The Morgan fingerprint density at radius 3 is 1.81 bits per heavy atom. The zero-order valence-corrected chi connectivity index (χ0v) is 43.4. The standard InChI is InChI=1S/C41H64O14.C15H10O5/c1-19-36(47)28(42)15-34(50-19)54-38-21(3)52-35(17-30(38)44)55-37-20(2)51-33(16-29(37)43)53-24-8-10-39(4)23(13-24)6-7-26-27(39)14-31(45)40(5)25(9-11-41(26,40)48)22-12-32(46)49-18-22;1-6-2-8-12(10(17)3-6)15(20)13-9(14(8)19)4-7(16)5-11(13)18/h12,19-21,23-31,33-38,42-45,47-48H,6-11,13-18H2,1-5H3;2-5,16-18H,1H3/t19-,20-,21-,23-,24+,25-,26-,27+,28+,29+,30+,31-,33+,34+,35+,36-,37-,38-,39+,40+,41+;/m1./s1. The van der Waals surface area contributed by atoms with E-state index in [1.54, 1.807) is 26.8 Å². The molecule has 5 aliphatic carbocycles. The van der Waals surface area contributed by atoms with Gasteiger partial charge in [0.2, 0.25) is 5.78 Å². The number of carbonyl (C=O) groups is 3. The number of fused-ring (bicyclic) bond motifs is 7. The molecular formula is C56H74O19. The van der Waals surface area contributed by atoms with Crippen molar-refractivity contribution in [3.8, 4) is 17.2 Å². The first-order valence-corrected chi connectivity index (χ1v) is 26.8. The summed E-state index contributed by atoms with van der Waals surface area (Å²) in [6, 6.07) is 5.00. The summed E-state index contributed by atoms with van der Waals surface area (Å²) in [5.74, 6) is -2.02. The predicted octanol–water partition coefficient (Wildman–Crippen LogP) is 4.11. The first kappa shape index (κ1) is 54.3. The Labute approximate surface area is 435 Å². The van der Waals surface area contributed by atoms with Gasteiger partial charge in [-0.25, -0.2) is 4.79 Å². The summed E-state index contributed by atoms with van der Waals surface area (Å²) < 4.78 is 42.1. The summed E-state index contributed by atoms with van der Waals surface area (Å²) in [5.41, 5.74) is -0.560. The number of aromatic hydroxyl groups is 3. The van der Waals surface area contributed by atoms with Crippen molar-refractivity contribution in [1.29, 1.82) is 0 Å². The van der Waals surface area contributed by atoms with Crippen molar-refractivity contribution in [2.45, 2.75) is 204 Å². The smallest absolute Gasteiger partial charge is 0.331 e. The number of phenolic OH excluding ortho intramolecular Hbond substituents is 3. The van der Waals surface area contributed by atoms with Crippen LogP contribution in [0.25, 0.3) is 0 Å². The molecule has 11 rings (SSSR count). The molecule has 0 unspecified atom stereocenters. The number of aliphatic hydroxyl groups excluding tert-OH is 5. The first-order chi connectivity index (χ1) is 35.4. The molecule has 9 N–H and O–H groups in total. The Morgan fingerprint density at radius 1 is 0.627 bits per heavy atom. The summed E-state index contributed by atoms with van der Waals surface area (Å²) in [7, 11) is 0. The van der Waals surface area contributed by atoms with E-state index in [-0.39, 0.29) is 94.9 Å². The topological polar surface area (TPSA) is 298 Å². The van der Waals surface area contributed by atoms with Crippen molar-refractivity contribution in [2.24, 2.45) is 34.5 Å². The lowest BCUT2D eigenvalue weighted by molar-refractivity contribution is -0.336. The zero-order valence-electron chi connectivity index (χ0n) is 43.4. The molecule has 0 spiro atoms. The molecule has 0 aromatic heterocycles. The third-order valence-electron chi connectivity index (χ3n) is 19.3. The highest BCUT2D eigenvalue weighted by atomic mass is 16.7. The molecule has 19 nitrogen and oxygen atoms in total. The molecular weight excluding hydrogens is 977 g/mol. The molecule has 7 fully saturated rings. The average molecular weight is 1050 g/mol. The molecule has 75 heavy (non-hydrogen) atoms. The molecule has 4 aliphatic heterocycles. The third kappa shape index (κ3) is 9.43. The largest absolute Gasteiger partial charge is 0.508 e. The molecule has 412 valence electrons. The molecule has 0 amide bonds. The molecule has 0 bridgehead atoms. The van der Waals surface area contributed by atoms with Crippen molar-refractivity contribution in [3.05, 3.63) is 63.7 Å². The van der Waals surface area contributed by atoms with E-state index in [0.29, 0.717) is 24.3 Å². The van der Waals surface area contributed by atoms with Gasteiger partial charge in [-0.3, -0.25) is 9.59 Å². The Kier molecular flexibility index (Phi) is 14.7. The van der Waals surface area contributed by atoms with Crippen molar-refractivity contribution in [3.63, 3.8) is 0 Å². The molecule has 19 heteroatoms. The molecule has 2 aromatic carbocycles. The van der Waals surface area contributed by atoms with Gasteiger partial charge >= 0.3 is 5.97 Å². The van der Waals surface area contributed by atoms with Crippen LogP contribution in [0, 0.1) is 41.4 Å². The fraction of sp³-hybridized carbons (Fsp3) is 0.696. The van der Waals surface area contributed by atoms with Crippen molar-refractivity contribution >= 4 is 17.5 Å². The Morgan fingerprint density at radius 2 is 1.21 bits per heavy atom. The Hall–Kier alpha value is -4.09. The van der Waals surface area contributed by atoms with E-state index in [9.17, 15) is 60.3 Å². The highest BCUT2D eigenvalue weighted by molar-refractivity contribution is 6.30. The summed E-state index contributed by atoms with van der Waals surface area (Å²) in [4.78, 5) is 36.7. The number of benzene rings is 2. The highest BCUT2D eigenvalue weighted by Gasteiger charge is 2.71. The second-order valence-electron chi connectivity index (χ2n) is 23.6. The van der Waals surface area contributed by atoms with Crippen LogP contribution in [0.15, 0.2) is 35.9 Å². The Bertz CT molecular complexity index is 2470. The van der Waals surface area contributed by atoms with Crippen molar-refractivity contribution in [1.82, 2.24) is 0 Å². The quantitative estimate of drug-likeness (QED) is 0.119. The van der Waals surface area contributed by atoms with Gasteiger partial charge in [0, 0.05) is 47.9 Å². The number of esters is 1. The molecule has 4 heterocycles. The zero-order chi connectivity index (χ0) is 53.8. The van der Waals surface area contributed by atoms with Crippen molar-refractivity contribution in [2.75, 3.05) is 6.61 Å². The summed E-state index contributed by atoms with van der Waals surface area (Å²) in [6.45, 7) is 11.6.